The average Bonchev–Trinajstić information content (AvgIpc) is 1.86. The first-order valence-corrected chi connectivity index (χ1v) is 3.62. The minimum absolute atomic E-state index is 0.361. The third-order valence-corrected chi connectivity index (χ3v) is 1.60. The highest BCUT2D eigenvalue weighted by Gasteiger charge is 2.15. The lowest BCUT2D eigenvalue weighted by molar-refractivity contribution is 0.426. The van der Waals surface area contributed by atoms with Gasteiger partial charge < -0.3 is 5.11 Å². The fourth-order valence-corrected chi connectivity index (χ4v) is 1.03. The molecule has 1 aromatic carbocycles. The standard InChI is InChI=1S/C9H13NO/c1-10(2,3)8-6-4-5-7-9(8)11/h4-7H,1-3H3/p+1. The molecular formula is C9H14NO+. The second-order valence-electron chi connectivity index (χ2n) is 3.50. The first kappa shape index (κ1) is 8.08. The predicted molar refractivity (Wildman–Crippen MR) is 47.7 cm³/mol. The van der Waals surface area contributed by atoms with Gasteiger partial charge in [-0.2, -0.15) is 0 Å². The van der Waals surface area contributed by atoms with Crippen molar-refractivity contribution in [1.82, 2.24) is 4.48 Å². The van der Waals surface area contributed by atoms with Crippen molar-refractivity contribution in [3.05, 3.63) is 24.3 Å². The maximum Gasteiger partial charge on any atom is 0.177 e. The molecule has 1 N–H and O–H groups in total. The highest BCUT2D eigenvalue weighted by Crippen LogP contribution is 2.27. The number of nitrogens with zero attached hydrogens (tertiary/aromatic N) is 1. The van der Waals surface area contributed by atoms with Crippen molar-refractivity contribution in [3.63, 3.8) is 0 Å². The molecule has 0 heterocycles. The van der Waals surface area contributed by atoms with E-state index in [0.717, 1.165) is 5.69 Å². The van der Waals surface area contributed by atoms with Gasteiger partial charge in [-0.15, -0.1) is 0 Å². The predicted octanol–water partition coefficient (Wildman–Crippen LogP) is 1.59. The summed E-state index contributed by atoms with van der Waals surface area (Å²) in [6.45, 7) is 0. The Morgan fingerprint density at radius 2 is 1.64 bits per heavy atom. The second-order valence-corrected chi connectivity index (χ2v) is 3.50. The van der Waals surface area contributed by atoms with Gasteiger partial charge in [-0.05, 0) is 6.07 Å². The highest BCUT2D eigenvalue weighted by atomic mass is 16.3. The van der Waals surface area contributed by atoms with Crippen LogP contribution in [0.4, 0.5) is 5.69 Å². The Morgan fingerprint density at radius 1 is 1.09 bits per heavy atom. The molecular weight excluding hydrogens is 138 g/mol. The molecule has 2 nitrogen and oxygen atoms in total. The molecule has 0 aromatic heterocycles. The molecule has 0 amide bonds. The molecule has 0 aliphatic rings. The zero-order valence-electron chi connectivity index (χ0n) is 7.20. The molecule has 0 saturated heterocycles. The fraction of sp³-hybridized carbons (Fsp3) is 0.333. The summed E-state index contributed by atoms with van der Waals surface area (Å²) in [5.74, 6) is 0.361. The van der Waals surface area contributed by atoms with Gasteiger partial charge in [0.25, 0.3) is 0 Å². The summed E-state index contributed by atoms with van der Waals surface area (Å²) in [5, 5.41) is 9.43. The van der Waals surface area contributed by atoms with Crippen LogP contribution in [0.25, 0.3) is 0 Å². The lowest BCUT2D eigenvalue weighted by Crippen LogP contribution is -2.34. The van der Waals surface area contributed by atoms with Crippen LogP contribution in [-0.4, -0.2) is 26.2 Å². The molecule has 11 heavy (non-hydrogen) atoms. The zero-order chi connectivity index (χ0) is 8.48. The minimum atomic E-state index is 0.361. The Bertz CT molecular complexity index is 250. The van der Waals surface area contributed by atoms with Gasteiger partial charge >= 0.3 is 0 Å². The monoisotopic (exact) mass is 152 g/mol. The van der Waals surface area contributed by atoms with Crippen molar-refractivity contribution < 1.29 is 5.11 Å². The van der Waals surface area contributed by atoms with Gasteiger partial charge in [0.05, 0.1) is 21.1 Å². The number of benzene rings is 1. The van der Waals surface area contributed by atoms with Crippen LogP contribution in [-0.2, 0) is 0 Å². The largest absolute Gasteiger partial charge is 0.503 e. The van der Waals surface area contributed by atoms with Crippen molar-refractivity contribution in [2.45, 2.75) is 0 Å². The van der Waals surface area contributed by atoms with E-state index in [9.17, 15) is 5.11 Å². The van der Waals surface area contributed by atoms with Crippen LogP contribution in [0, 0.1) is 0 Å². The van der Waals surface area contributed by atoms with E-state index in [1.165, 1.54) is 0 Å². The summed E-state index contributed by atoms with van der Waals surface area (Å²) in [6.07, 6.45) is 0. The molecule has 1 aromatic rings. The molecule has 60 valence electrons. The zero-order valence-corrected chi connectivity index (χ0v) is 7.20. The normalized spacial score (nSPS) is 11.5. The smallest absolute Gasteiger partial charge is 0.177 e. The van der Waals surface area contributed by atoms with Crippen LogP contribution in [0.2, 0.25) is 0 Å². The lowest BCUT2D eigenvalue weighted by Gasteiger charge is -2.23. The summed E-state index contributed by atoms with van der Waals surface area (Å²) >= 11 is 0. The van der Waals surface area contributed by atoms with Crippen molar-refractivity contribution >= 4 is 5.69 Å². The summed E-state index contributed by atoms with van der Waals surface area (Å²) < 4.78 is 0.646. The van der Waals surface area contributed by atoms with E-state index in [1.54, 1.807) is 6.07 Å². The topological polar surface area (TPSA) is 20.2 Å². The van der Waals surface area contributed by atoms with E-state index in [-0.39, 0.29) is 0 Å². The van der Waals surface area contributed by atoms with Crippen molar-refractivity contribution in [2.75, 3.05) is 21.1 Å². The Balaban J connectivity index is 3.14. The molecule has 0 fully saturated rings. The van der Waals surface area contributed by atoms with Crippen LogP contribution in [0.3, 0.4) is 0 Å². The van der Waals surface area contributed by atoms with E-state index >= 15 is 0 Å². The number of rotatable bonds is 1. The Hall–Kier alpha value is -1.02. The van der Waals surface area contributed by atoms with Crippen LogP contribution in [0.15, 0.2) is 24.3 Å². The van der Waals surface area contributed by atoms with Gasteiger partial charge in [-0.25, -0.2) is 0 Å². The van der Waals surface area contributed by atoms with E-state index in [0.29, 0.717) is 10.2 Å². The van der Waals surface area contributed by atoms with Crippen LogP contribution in [0.1, 0.15) is 0 Å². The number of aromatic hydroxyl groups is 1. The molecule has 0 aliphatic heterocycles. The van der Waals surface area contributed by atoms with Gasteiger partial charge in [0.15, 0.2) is 11.4 Å². The van der Waals surface area contributed by atoms with Crippen LogP contribution >= 0.6 is 0 Å². The molecule has 0 saturated carbocycles. The van der Waals surface area contributed by atoms with Crippen LogP contribution < -0.4 is 4.48 Å². The van der Waals surface area contributed by atoms with E-state index < -0.39 is 0 Å². The quantitative estimate of drug-likeness (QED) is 0.606. The summed E-state index contributed by atoms with van der Waals surface area (Å²) in [6, 6.07) is 7.39. The number of hydrogen-bond donors (Lipinski definition) is 1. The number of quaternary nitrogens is 1. The Morgan fingerprint density at radius 3 is 2.00 bits per heavy atom. The maximum absolute atomic E-state index is 9.43. The first-order valence-electron chi connectivity index (χ1n) is 3.62. The lowest BCUT2D eigenvalue weighted by atomic mass is 10.2. The maximum atomic E-state index is 9.43. The number of para-hydroxylation sites is 2. The Kier molecular flexibility index (Phi) is 1.87. The third-order valence-electron chi connectivity index (χ3n) is 1.60. The first-order chi connectivity index (χ1) is 5.02. The van der Waals surface area contributed by atoms with Gasteiger partial charge in [0.2, 0.25) is 0 Å². The van der Waals surface area contributed by atoms with Gasteiger partial charge in [-0.3, -0.25) is 4.48 Å². The third kappa shape index (κ3) is 1.71. The fourth-order valence-electron chi connectivity index (χ4n) is 1.03. The number of hydrogen-bond acceptors (Lipinski definition) is 1. The van der Waals surface area contributed by atoms with Crippen molar-refractivity contribution in [2.24, 2.45) is 0 Å². The van der Waals surface area contributed by atoms with Gasteiger partial charge in [0, 0.05) is 6.07 Å². The molecule has 0 radical (unpaired) electrons. The van der Waals surface area contributed by atoms with Crippen molar-refractivity contribution in [1.29, 1.82) is 0 Å². The van der Waals surface area contributed by atoms with Crippen LogP contribution in [0.5, 0.6) is 5.75 Å². The summed E-state index contributed by atoms with van der Waals surface area (Å²) in [7, 11) is 6.07. The van der Waals surface area contributed by atoms with E-state index in [2.05, 4.69) is 0 Å². The molecule has 0 spiro atoms. The van der Waals surface area contributed by atoms with E-state index in [4.69, 9.17) is 0 Å². The SMILES string of the molecule is C[N+](C)(C)c1ccccc1O. The minimum Gasteiger partial charge on any atom is -0.503 e. The molecule has 2 heteroatoms. The van der Waals surface area contributed by atoms with Crippen molar-refractivity contribution in [3.8, 4) is 5.75 Å². The Labute approximate surface area is 67.3 Å². The summed E-state index contributed by atoms with van der Waals surface area (Å²) in [4.78, 5) is 0. The number of phenols is 1. The second kappa shape index (κ2) is 2.55. The molecule has 0 atom stereocenters. The average molecular weight is 152 g/mol. The molecule has 1 rings (SSSR count). The molecule has 0 bridgehead atoms. The molecule has 0 aliphatic carbocycles. The van der Waals surface area contributed by atoms with E-state index in [1.807, 2.05) is 39.3 Å². The number of phenolic OH excluding ortho intramolecular Hbond substituents is 1. The van der Waals surface area contributed by atoms with Gasteiger partial charge in [-0.1, -0.05) is 12.1 Å². The van der Waals surface area contributed by atoms with Gasteiger partial charge in [0.1, 0.15) is 0 Å². The molecule has 0 unspecified atom stereocenters. The highest BCUT2D eigenvalue weighted by molar-refractivity contribution is 5.53. The summed E-state index contributed by atoms with van der Waals surface area (Å²) in [5.41, 5.74) is 0.938.